The van der Waals surface area contributed by atoms with Crippen molar-refractivity contribution in [2.24, 2.45) is 0 Å². The number of hydrogen-bond acceptors (Lipinski definition) is 1. The van der Waals surface area contributed by atoms with Crippen LogP contribution in [0.2, 0.25) is 0 Å². The van der Waals surface area contributed by atoms with Gasteiger partial charge in [-0.15, -0.1) is 0 Å². The van der Waals surface area contributed by atoms with Gasteiger partial charge in [-0.05, 0) is 113 Å². The largest absolute Gasteiger partial charge is 0.310 e. The average molecular weight is 797 g/mol. The van der Waals surface area contributed by atoms with E-state index in [1.165, 1.54) is 22.3 Å². The Morgan fingerprint density at radius 1 is 0.371 bits per heavy atom. The van der Waals surface area contributed by atoms with Gasteiger partial charge in [0.15, 0.2) is 0 Å². The molecule has 0 saturated heterocycles. The Hall–Kier alpha value is -7.74. The maximum absolute atomic E-state index is 9.10. The molecule has 0 fully saturated rings. The number of anilines is 3. The summed E-state index contributed by atoms with van der Waals surface area (Å²) in [7, 11) is 0. The van der Waals surface area contributed by atoms with Crippen LogP contribution in [0, 0.1) is 0 Å². The van der Waals surface area contributed by atoms with Gasteiger partial charge < -0.3 is 4.90 Å². The summed E-state index contributed by atoms with van der Waals surface area (Å²) >= 11 is 0. The van der Waals surface area contributed by atoms with Crippen LogP contribution in [-0.4, -0.2) is 0 Å². The Morgan fingerprint density at radius 3 is 1.65 bits per heavy atom. The van der Waals surface area contributed by atoms with Gasteiger partial charge in [0.1, 0.15) is 0 Å². The van der Waals surface area contributed by atoms with E-state index in [2.05, 4.69) is 176 Å². The zero-order valence-corrected chi connectivity index (χ0v) is 34.6. The molecular weight excluding hydrogens is 747 g/mol. The standard InChI is InChI=1S/C61H45N/c1-61(2)56-32-17-15-30-52(56)53-39-36-48(41-57(53)61)62(58-33-18-16-29-49(58)42-20-7-3-8-21-42)47-35-38-51(55(40-47)44-24-11-5-12-25-44)54-31-19-28-46-34-37-50(43-22-9-4-10-23-43)59(60(46)54)45-26-13-6-14-27-45/h3-41H,1-2H3/i4D,9D,10D,22D,23D. The molecule has 0 spiro atoms. The van der Waals surface area contributed by atoms with Crippen LogP contribution in [0.1, 0.15) is 31.8 Å². The minimum Gasteiger partial charge on any atom is -0.310 e. The molecule has 10 aromatic carbocycles. The van der Waals surface area contributed by atoms with E-state index in [4.69, 9.17) is 6.85 Å². The van der Waals surface area contributed by atoms with Crippen molar-refractivity contribution in [3.05, 3.63) is 248 Å². The Balaban J connectivity index is 1.19. The van der Waals surface area contributed by atoms with Crippen molar-refractivity contribution in [2.45, 2.75) is 19.3 Å². The molecule has 1 aliphatic rings. The molecule has 1 heteroatoms. The number of nitrogens with zero attached hydrogens (tertiary/aromatic N) is 1. The first-order valence-electron chi connectivity index (χ1n) is 23.7. The van der Waals surface area contributed by atoms with Crippen LogP contribution in [0.15, 0.2) is 236 Å². The molecule has 0 aromatic heterocycles. The summed E-state index contributed by atoms with van der Waals surface area (Å²) in [5.41, 5.74) is 16.7. The summed E-state index contributed by atoms with van der Waals surface area (Å²) in [5, 5.41) is 1.89. The van der Waals surface area contributed by atoms with E-state index in [0.29, 0.717) is 5.56 Å². The lowest BCUT2D eigenvalue weighted by Gasteiger charge is -2.30. The van der Waals surface area contributed by atoms with Crippen molar-refractivity contribution >= 4 is 27.8 Å². The van der Waals surface area contributed by atoms with E-state index in [0.717, 1.165) is 72.3 Å². The molecule has 0 radical (unpaired) electrons. The highest BCUT2D eigenvalue weighted by molar-refractivity contribution is 6.13. The quantitative estimate of drug-likeness (QED) is 0.148. The highest BCUT2D eigenvalue weighted by atomic mass is 15.1. The second-order valence-corrected chi connectivity index (χ2v) is 16.5. The molecule has 10 aromatic rings. The molecule has 0 saturated carbocycles. The molecule has 294 valence electrons. The van der Waals surface area contributed by atoms with E-state index in [9.17, 15) is 0 Å². The number of fused-ring (bicyclic) bond motifs is 4. The van der Waals surface area contributed by atoms with Gasteiger partial charge in [-0.1, -0.05) is 220 Å². The molecule has 0 N–H and O–H groups in total. The lowest BCUT2D eigenvalue weighted by Crippen LogP contribution is -2.17. The lowest BCUT2D eigenvalue weighted by molar-refractivity contribution is 0.660. The Morgan fingerprint density at radius 2 is 0.919 bits per heavy atom. The van der Waals surface area contributed by atoms with Crippen LogP contribution < -0.4 is 4.90 Å². The predicted octanol–water partition coefficient (Wildman–Crippen LogP) is 17.0. The molecular formula is C61H45N. The van der Waals surface area contributed by atoms with Crippen LogP contribution >= 0.6 is 0 Å². The number of para-hydroxylation sites is 1. The van der Waals surface area contributed by atoms with Gasteiger partial charge in [-0.25, -0.2) is 0 Å². The Bertz CT molecular complexity index is 3520. The summed E-state index contributed by atoms with van der Waals surface area (Å²) in [6.45, 7) is 4.65. The second-order valence-electron chi connectivity index (χ2n) is 16.5. The fourth-order valence-corrected chi connectivity index (χ4v) is 9.65. The van der Waals surface area contributed by atoms with Gasteiger partial charge in [-0.3, -0.25) is 0 Å². The third-order valence-corrected chi connectivity index (χ3v) is 12.6. The third kappa shape index (κ3) is 6.33. The predicted molar refractivity (Wildman–Crippen MR) is 263 cm³/mol. The second kappa shape index (κ2) is 15.4. The van der Waals surface area contributed by atoms with Crippen LogP contribution in [0.5, 0.6) is 0 Å². The molecule has 0 unspecified atom stereocenters. The topological polar surface area (TPSA) is 3.24 Å². The van der Waals surface area contributed by atoms with E-state index in [1.807, 2.05) is 48.5 Å². The molecule has 0 atom stereocenters. The van der Waals surface area contributed by atoms with Crippen molar-refractivity contribution < 1.29 is 6.85 Å². The van der Waals surface area contributed by atoms with Crippen molar-refractivity contribution in [3.8, 4) is 66.8 Å². The van der Waals surface area contributed by atoms with Gasteiger partial charge in [0.2, 0.25) is 0 Å². The maximum Gasteiger partial charge on any atom is 0.0629 e. The van der Waals surface area contributed by atoms with E-state index in [1.54, 1.807) is 0 Å². The van der Waals surface area contributed by atoms with Crippen LogP contribution in [-0.2, 0) is 5.41 Å². The molecule has 1 aliphatic carbocycles. The monoisotopic (exact) mass is 796 g/mol. The van der Waals surface area contributed by atoms with E-state index >= 15 is 0 Å². The van der Waals surface area contributed by atoms with Crippen LogP contribution in [0.3, 0.4) is 0 Å². The van der Waals surface area contributed by atoms with Crippen molar-refractivity contribution in [2.75, 3.05) is 4.90 Å². The van der Waals surface area contributed by atoms with Crippen molar-refractivity contribution in [1.29, 1.82) is 0 Å². The van der Waals surface area contributed by atoms with Gasteiger partial charge in [0.05, 0.1) is 12.5 Å². The summed E-state index contributed by atoms with van der Waals surface area (Å²) in [6.07, 6.45) is 0. The first kappa shape index (κ1) is 32.1. The zero-order chi connectivity index (χ0) is 46.0. The summed E-state index contributed by atoms with van der Waals surface area (Å²) < 4.78 is 43.9. The van der Waals surface area contributed by atoms with Gasteiger partial charge in [0, 0.05) is 22.4 Å². The van der Waals surface area contributed by atoms with Gasteiger partial charge >= 0.3 is 0 Å². The fourth-order valence-electron chi connectivity index (χ4n) is 9.65. The molecule has 0 heterocycles. The minimum atomic E-state index is -0.414. The molecule has 11 rings (SSSR count). The Kier molecular flexibility index (Phi) is 7.96. The first-order chi connectivity index (χ1) is 32.6. The highest BCUT2D eigenvalue weighted by Crippen LogP contribution is 2.52. The normalized spacial score (nSPS) is 13.6. The van der Waals surface area contributed by atoms with Crippen LogP contribution in [0.25, 0.3) is 77.5 Å². The lowest BCUT2D eigenvalue weighted by atomic mass is 9.82. The molecule has 0 bridgehead atoms. The molecule has 62 heavy (non-hydrogen) atoms. The highest BCUT2D eigenvalue weighted by Gasteiger charge is 2.36. The fraction of sp³-hybridized carbons (Fsp3) is 0.0492. The number of hydrogen-bond donors (Lipinski definition) is 0. The zero-order valence-electron chi connectivity index (χ0n) is 39.6. The molecule has 0 amide bonds. The third-order valence-electron chi connectivity index (χ3n) is 12.6. The SMILES string of the molecule is [2H]c1c([2H])c([2H])c(-c2ccc3cccc(-c4ccc(N(c5ccc6c(c5)C(C)(C)c5ccccc5-6)c5ccccc5-c5ccccc5)cc4-c4ccccc4)c3c2-c2ccccc2)c([2H])c1[2H]. The van der Waals surface area contributed by atoms with Crippen molar-refractivity contribution in [1.82, 2.24) is 0 Å². The van der Waals surface area contributed by atoms with Gasteiger partial charge in [-0.2, -0.15) is 0 Å². The molecule has 1 nitrogen and oxygen atoms in total. The minimum absolute atomic E-state index is 0.175. The number of rotatable bonds is 8. The molecule has 0 aliphatic heterocycles. The van der Waals surface area contributed by atoms with E-state index in [-0.39, 0.29) is 35.1 Å². The average Bonchev–Trinajstić information content (AvgIpc) is 3.61. The van der Waals surface area contributed by atoms with Gasteiger partial charge in [0.25, 0.3) is 0 Å². The first-order valence-corrected chi connectivity index (χ1v) is 21.2. The summed E-state index contributed by atoms with van der Waals surface area (Å²) in [4.78, 5) is 2.40. The van der Waals surface area contributed by atoms with E-state index < -0.39 is 6.04 Å². The Labute approximate surface area is 371 Å². The summed E-state index contributed by atoms with van der Waals surface area (Å²) in [5.74, 6) is 0. The number of benzene rings is 10. The summed E-state index contributed by atoms with van der Waals surface area (Å²) in [6, 6.07) is 70.7. The maximum atomic E-state index is 9.10. The smallest absolute Gasteiger partial charge is 0.0629 e. The van der Waals surface area contributed by atoms with Crippen molar-refractivity contribution in [3.63, 3.8) is 0 Å². The van der Waals surface area contributed by atoms with Crippen LogP contribution in [0.4, 0.5) is 17.1 Å².